The van der Waals surface area contributed by atoms with Crippen molar-refractivity contribution in [3.8, 4) is 0 Å². The predicted octanol–water partition coefficient (Wildman–Crippen LogP) is 3.75. The summed E-state index contributed by atoms with van der Waals surface area (Å²) in [6.07, 6.45) is 11.5. The number of rotatable bonds is 8. The van der Waals surface area contributed by atoms with Crippen LogP contribution < -0.4 is 5.32 Å². The molecule has 0 aliphatic heterocycles. The number of nitrogens with one attached hydrogen (secondary N) is 1. The normalized spacial score (nSPS) is 21.4. The number of ether oxygens (including phenoxy) is 1. The van der Waals surface area contributed by atoms with Gasteiger partial charge in [0.15, 0.2) is 0 Å². The highest BCUT2D eigenvalue weighted by atomic mass is 16.5. The maximum atomic E-state index is 5.59. The predicted molar refractivity (Wildman–Crippen MR) is 74.4 cm³/mol. The van der Waals surface area contributed by atoms with E-state index < -0.39 is 0 Å². The largest absolute Gasteiger partial charge is 0.380 e. The Morgan fingerprint density at radius 3 is 2.41 bits per heavy atom. The molecule has 0 radical (unpaired) electrons. The zero-order valence-electron chi connectivity index (χ0n) is 12.0. The van der Waals surface area contributed by atoms with Crippen molar-refractivity contribution in [1.82, 2.24) is 5.32 Å². The van der Waals surface area contributed by atoms with Crippen molar-refractivity contribution < 1.29 is 4.74 Å². The number of methoxy groups -OCH3 is 1. The lowest BCUT2D eigenvalue weighted by Crippen LogP contribution is -2.41. The van der Waals surface area contributed by atoms with Crippen molar-refractivity contribution in [2.75, 3.05) is 13.7 Å². The van der Waals surface area contributed by atoms with Crippen LogP contribution in [0.1, 0.15) is 65.2 Å². The minimum atomic E-state index is 0.388. The Bertz CT molecular complexity index is 174. The van der Waals surface area contributed by atoms with Gasteiger partial charge >= 0.3 is 0 Å². The second-order valence-electron chi connectivity index (χ2n) is 5.43. The maximum absolute atomic E-state index is 5.59. The molecule has 0 amide bonds. The molecule has 0 aromatic rings. The van der Waals surface area contributed by atoms with Crippen LogP contribution in [-0.2, 0) is 4.74 Å². The van der Waals surface area contributed by atoms with Gasteiger partial charge in [-0.05, 0) is 31.7 Å². The van der Waals surface area contributed by atoms with E-state index in [2.05, 4.69) is 19.2 Å². The Hall–Kier alpha value is -0.0800. The van der Waals surface area contributed by atoms with Crippen molar-refractivity contribution in [3.63, 3.8) is 0 Å². The van der Waals surface area contributed by atoms with E-state index in [4.69, 9.17) is 4.74 Å². The Labute approximate surface area is 108 Å². The van der Waals surface area contributed by atoms with Crippen molar-refractivity contribution in [3.05, 3.63) is 0 Å². The highest BCUT2D eigenvalue weighted by Gasteiger charge is 2.21. The summed E-state index contributed by atoms with van der Waals surface area (Å²) in [6.45, 7) is 5.46. The van der Waals surface area contributed by atoms with Gasteiger partial charge in [-0.3, -0.25) is 0 Å². The van der Waals surface area contributed by atoms with E-state index in [1.165, 1.54) is 44.9 Å². The minimum Gasteiger partial charge on any atom is -0.380 e. The van der Waals surface area contributed by atoms with Gasteiger partial charge in [0, 0.05) is 13.2 Å². The summed E-state index contributed by atoms with van der Waals surface area (Å²) in [7, 11) is 1.85. The lowest BCUT2D eigenvalue weighted by Gasteiger charge is -2.29. The molecule has 1 saturated carbocycles. The summed E-state index contributed by atoms with van der Waals surface area (Å²) in [5.41, 5.74) is 0. The Morgan fingerprint density at radius 1 is 1.18 bits per heavy atom. The van der Waals surface area contributed by atoms with Crippen LogP contribution in [0.5, 0.6) is 0 Å². The van der Waals surface area contributed by atoms with Gasteiger partial charge in [0.2, 0.25) is 0 Å². The highest BCUT2D eigenvalue weighted by Crippen LogP contribution is 2.28. The third kappa shape index (κ3) is 5.39. The quantitative estimate of drug-likeness (QED) is 0.699. The molecule has 0 bridgehead atoms. The molecule has 0 saturated heterocycles. The number of hydrogen-bond acceptors (Lipinski definition) is 2. The van der Waals surface area contributed by atoms with Gasteiger partial charge in [-0.2, -0.15) is 0 Å². The molecule has 1 aliphatic rings. The van der Waals surface area contributed by atoms with Crippen molar-refractivity contribution >= 4 is 0 Å². The van der Waals surface area contributed by atoms with E-state index in [-0.39, 0.29) is 0 Å². The molecule has 1 N–H and O–H groups in total. The highest BCUT2D eigenvalue weighted by molar-refractivity contribution is 4.78. The average molecular weight is 241 g/mol. The van der Waals surface area contributed by atoms with Gasteiger partial charge in [0.1, 0.15) is 0 Å². The van der Waals surface area contributed by atoms with E-state index in [0.717, 1.165) is 18.9 Å². The molecule has 17 heavy (non-hydrogen) atoms. The third-order valence-corrected chi connectivity index (χ3v) is 4.23. The summed E-state index contributed by atoms with van der Waals surface area (Å²) >= 11 is 0. The van der Waals surface area contributed by atoms with Gasteiger partial charge < -0.3 is 10.1 Å². The molecule has 0 heterocycles. The molecular formula is C15H31NO. The second kappa shape index (κ2) is 8.93. The topological polar surface area (TPSA) is 21.3 Å². The summed E-state index contributed by atoms with van der Waals surface area (Å²) in [5.74, 6) is 0.985. The van der Waals surface area contributed by atoms with Crippen LogP contribution in [0.25, 0.3) is 0 Å². The molecule has 0 spiro atoms. The van der Waals surface area contributed by atoms with E-state index in [1.807, 2.05) is 7.11 Å². The Morgan fingerprint density at radius 2 is 1.88 bits per heavy atom. The summed E-state index contributed by atoms with van der Waals surface area (Å²) in [4.78, 5) is 0. The third-order valence-electron chi connectivity index (χ3n) is 4.23. The first-order chi connectivity index (χ1) is 8.31. The molecular weight excluding hydrogens is 210 g/mol. The van der Waals surface area contributed by atoms with Gasteiger partial charge in [0.25, 0.3) is 0 Å². The molecule has 1 rings (SSSR count). The van der Waals surface area contributed by atoms with Crippen LogP contribution in [0.4, 0.5) is 0 Å². The van der Waals surface area contributed by atoms with Crippen LogP contribution in [0.15, 0.2) is 0 Å². The summed E-state index contributed by atoms with van der Waals surface area (Å²) in [6, 6.07) is 0.553. The standard InChI is InChI=1S/C15H31NO/c1-4-15(17-3)14(16-5-2)12-11-13-9-7-6-8-10-13/h13-16H,4-12H2,1-3H3. The van der Waals surface area contributed by atoms with Crippen LogP contribution >= 0.6 is 0 Å². The van der Waals surface area contributed by atoms with Crippen molar-refractivity contribution in [2.45, 2.75) is 77.4 Å². The second-order valence-corrected chi connectivity index (χ2v) is 5.43. The van der Waals surface area contributed by atoms with Gasteiger partial charge in [-0.1, -0.05) is 46.0 Å². The summed E-state index contributed by atoms with van der Waals surface area (Å²) in [5, 5.41) is 3.60. The minimum absolute atomic E-state index is 0.388. The molecule has 0 aromatic carbocycles. The fourth-order valence-electron chi connectivity index (χ4n) is 3.19. The van der Waals surface area contributed by atoms with Crippen LogP contribution in [0.3, 0.4) is 0 Å². The van der Waals surface area contributed by atoms with E-state index in [9.17, 15) is 0 Å². The van der Waals surface area contributed by atoms with E-state index in [0.29, 0.717) is 12.1 Å². The molecule has 0 aromatic heterocycles. The zero-order chi connectivity index (χ0) is 12.5. The molecule has 2 nitrogen and oxygen atoms in total. The lowest BCUT2D eigenvalue weighted by atomic mass is 9.84. The fraction of sp³-hybridized carbons (Fsp3) is 1.00. The molecule has 102 valence electrons. The first-order valence-corrected chi connectivity index (χ1v) is 7.57. The molecule has 2 heteroatoms. The first kappa shape index (κ1) is 15.0. The summed E-state index contributed by atoms with van der Waals surface area (Å²) < 4.78 is 5.59. The smallest absolute Gasteiger partial charge is 0.0721 e. The van der Waals surface area contributed by atoms with Crippen LogP contribution in [-0.4, -0.2) is 25.8 Å². The monoisotopic (exact) mass is 241 g/mol. The lowest BCUT2D eigenvalue weighted by molar-refractivity contribution is 0.0601. The Balaban J connectivity index is 2.31. The molecule has 1 fully saturated rings. The maximum Gasteiger partial charge on any atom is 0.0721 e. The fourth-order valence-corrected chi connectivity index (χ4v) is 3.19. The van der Waals surface area contributed by atoms with Gasteiger partial charge in [-0.25, -0.2) is 0 Å². The SMILES string of the molecule is CCNC(CCC1CCCCC1)C(CC)OC. The number of hydrogen-bond donors (Lipinski definition) is 1. The van der Waals surface area contributed by atoms with E-state index >= 15 is 0 Å². The average Bonchev–Trinajstić information content (AvgIpc) is 2.38. The van der Waals surface area contributed by atoms with Gasteiger partial charge in [-0.15, -0.1) is 0 Å². The first-order valence-electron chi connectivity index (χ1n) is 7.57. The molecule has 1 aliphatic carbocycles. The van der Waals surface area contributed by atoms with Crippen molar-refractivity contribution in [2.24, 2.45) is 5.92 Å². The Kier molecular flexibility index (Phi) is 7.87. The molecule has 2 atom stereocenters. The van der Waals surface area contributed by atoms with Crippen molar-refractivity contribution in [1.29, 1.82) is 0 Å². The van der Waals surface area contributed by atoms with Gasteiger partial charge in [0.05, 0.1) is 6.10 Å². The van der Waals surface area contributed by atoms with Crippen LogP contribution in [0, 0.1) is 5.92 Å². The number of likely N-dealkylation sites (N-methyl/N-ethyl adjacent to an activating group) is 1. The van der Waals surface area contributed by atoms with Crippen LogP contribution in [0.2, 0.25) is 0 Å². The zero-order valence-corrected chi connectivity index (χ0v) is 12.0. The molecule has 2 unspecified atom stereocenters. The van der Waals surface area contributed by atoms with E-state index in [1.54, 1.807) is 0 Å².